The van der Waals surface area contributed by atoms with Gasteiger partial charge in [-0.25, -0.2) is 0 Å². The van der Waals surface area contributed by atoms with Crippen LogP contribution in [0, 0.1) is 20.8 Å². The van der Waals surface area contributed by atoms with Gasteiger partial charge in [-0.1, -0.05) is 129 Å². The highest BCUT2D eigenvalue weighted by Crippen LogP contribution is 2.55. The Balaban J connectivity index is 0.000000917. The van der Waals surface area contributed by atoms with Crippen molar-refractivity contribution in [2.24, 2.45) is 0 Å². The molecule has 0 aliphatic heterocycles. The zero-order valence-corrected chi connectivity index (χ0v) is 39.6. The van der Waals surface area contributed by atoms with Gasteiger partial charge in [0.15, 0.2) is 11.5 Å². The van der Waals surface area contributed by atoms with Crippen LogP contribution in [0.25, 0.3) is 71.6 Å². The number of nitrogens with zero attached hydrogens (tertiary/aromatic N) is 2. The maximum Gasteiger partial charge on any atom is 0.203 e. The predicted octanol–water partition coefficient (Wildman–Crippen LogP) is 16.7. The van der Waals surface area contributed by atoms with Crippen LogP contribution in [0.4, 0.5) is 17.1 Å². The third-order valence-electron chi connectivity index (χ3n) is 13.3. The van der Waals surface area contributed by atoms with Gasteiger partial charge in [0.2, 0.25) is 5.75 Å². The second-order valence-corrected chi connectivity index (χ2v) is 17.1. The molecule has 0 amide bonds. The molecule has 1 heterocycles. The molecule has 0 radical (unpaired) electrons. The Hall–Kier alpha value is -8.22. The van der Waals surface area contributed by atoms with Gasteiger partial charge in [0.05, 0.1) is 11.0 Å². The van der Waals surface area contributed by atoms with E-state index in [9.17, 15) is 20.4 Å². The van der Waals surface area contributed by atoms with Crippen LogP contribution in [-0.4, -0.2) is 25.0 Å². The van der Waals surface area contributed by atoms with E-state index in [1.165, 1.54) is 67.3 Å². The van der Waals surface area contributed by atoms with Gasteiger partial charge in [0.1, 0.15) is 11.4 Å². The van der Waals surface area contributed by atoms with Crippen molar-refractivity contribution in [1.82, 2.24) is 4.57 Å². The zero-order valence-electron chi connectivity index (χ0n) is 39.6. The van der Waals surface area contributed by atoms with Gasteiger partial charge < -0.3 is 29.9 Å². The van der Waals surface area contributed by atoms with Crippen molar-refractivity contribution in [2.75, 3.05) is 4.90 Å². The molecule has 0 spiro atoms. The number of phenols is 4. The van der Waals surface area contributed by atoms with E-state index in [0.717, 1.165) is 39.9 Å². The van der Waals surface area contributed by atoms with Gasteiger partial charge in [0, 0.05) is 33.4 Å². The summed E-state index contributed by atoms with van der Waals surface area (Å²) in [5, 5.41) is 49.1. The fourth-order valence-electron chi connectivity index (χ4n) is 9.65. The number of fused-ring (bicyclic) bond motifs is 7. The number of phenolic OH excluding ortho intramolecular Hbond substituents is 4. The van der Waals surface area contributed by atoms with Gasteiger partial charge >= 0.3 is 0 Å². The lowest BCUT2D eigenvalue weighted by molar-refractivity contribution is 0.359. The molecule has 0 bridgehead atoms. The van der Waals surface area contributed by atoms with Gasteiger partial charge in [0.25, 0.3) is 0 Å². The average Bonchev–Trinajstić information content (AvgIpc) is 3.92. The largest absolute Gasteiger partial charge is 0.505 e. The molecule has 0 atom stereocenters. The van der Waals surface area contributed by atoms with E-state index in [1.807, 2.05) is 82.3 Å². The van der Waals surface area contributed by atoms with Crippen molar-refractivity contribution in [2.45, 2.75) is 54.9 Å². The molecule has 4 N–H and O–H groups in total. The number of anilines is 3. The Labute approximate surface area is 398 Å². The van der Waals surface area contributed by atoms with Crippen molar-refractivity contribution in [3.8, 4) is 62.1 Å². The van der Waals surface area contributed by atoms with E-state index in [2.05, 4.69) is 140 Å². The molecule has 0 unspecified atom stereocenters. The smallest absolute Gasteiger partial charge is 0.203 e. The van der Waals surface area contributed by atoms with Crippen LogP contribution >= 0.6 is 0 Å². The Morgan fingerprint density at radius 1 is 0.456 bits per heavy atom. The third-order valence-corrected chi connectivity index (χ3v) is 13.3. The topological polar surface area (TPSA) is 89.1 Å². The number of para-hydroxylation sites is 2. The van der Waals surface area contributed by atoms with Crippen LogP contribution < -0.4 is 4.90 Å². The van der Waals surface area contributed by atoms with Gasteiger partial charge in [-0.2, -0.15) is 0 Å². The number of aromatic nitrogens is 1. The van der Waals surface area contributed by atoms with E-state index in [4.69, 9.17) is 0 Å². The zero-order chi connectivity index (χ0) is 47.8. The molecule has 1 aliphatic rings. The molecule has 68 heavy (non-hydrogen) atoms. The molecular weight excluding hydrogens is 837 g/mol. The summed E-state index contributed by atoms with van der Waals surface area (Å²) in [4.78, 5) is 1.73. The summed E-state index contributed by atoms with van der Waals surface area (Å²) in [6, 6.07) is 57.3. The lowest BCUT2D eigenvalue weighted by Gasteiger charge is -2.28. The minimum atomic E-state index is -0.692. The lowest BCUT2D eigenvalue weighted by Crippen LogP contribution is -2.11. The first kappa shape index (κ1) is 45.0. The number of aryl methyl sites for hydroxylation is 2. The average molecular weight is 893 g/mol. The first-order valence-corrected chi connectivity index (χ1v) is 23.4. The summed E-state index contributed by atoms with van der Waals surface area (Å²) in [7, 11) is 0. The first-order valence-electron chi connectivity index (χ1n) is 23.4. The molecule has 1 aliphatic carbocycles. The van der Waals surface area contributed by atoms with Crippen LogP contribution in [-0.2, 0) is 6.42 Å². The van der Waals surface area contributed by atoms with E-state index >= 15 is 0 Å². The second-order valence-electron chi connectivity index (χ2n) is 17.1. The lowest BCUT2D eigenvalue weighted by atomic mass is 9.90. The number of benzene rings is 9. The Kier molecular flexibility index (Phi) is 12.3. The molecule has 6 heteroatoms. The molecule has 338 valence electrons. The summed E-state index contributed by atoms with van der Waals surface area (Å²) in [6.45, 7) is 13.9. The van der Waals surface area contributed by atoms with Crippen molar-refractivity contribution in [1.29, 1.82) is 0 Å². The second kappa shape index (κ2) is 18.6. The summed E-state index contributed by atoms with van der Waals surface area (Å²) in [5.41, 5.74) is 16.2. The summed E-state index contributed by atoms with van der Waals surface area (Å²) >= 11 is 0. The first-order chi connectivity index (χ1) is 33.1. The summed E-state index contributed by atoms with van der Waals surface area (Å²) in [5.74, 6) is -2.21. The van der Waals surface area contributed by atoms with E-state index < -0.39 is 17.2 Å². The van der Waals surface area contributed by atoms with Crippen LogP contribution in [0.15, 0.2) is 176 Å². The van der Waals surface area contributed by atoms with Crippen molar-refractivity contribution in [3.63, 3.8) is 0 Å². The molecular formula is C62H56N2O4. The predicted molar refractivity (Wildman–Crippen MR) is 285 cm³/mol. The van der Waals surface area contributed by atoms with Crippen LogP contribution in [0.2, 0.25) is 0 Å². The van der Waals surface area contributed by atoms with Crippen LogP contribution in [0.5, 0.6) is 23.0 Å². The number of rotatable bonds is 6. The minimum Gasteiger partial charge on any atom is -0.505 e. The molecule has 0 saturated carbocycles. The molecule has 1 aromatic heterocycles. The molecule has 0 fully saturated rings. The highest BCUT2D eigenvalue weighted by molar-refractivity contribution is 6.14. The number of aromatic hydroxyl groups is 4. The monoisotopic (exact) mass is 892 g/mol. The normalized spacial score (nSPS) is 11.6. The van der Waals surface area contributed by atoms with Gasteiger partial charge in [-0.05, 0) is 168 Å². The Morgan fingerprint density at radius 2 is 1.12 bits per heavy atom. The molecule has 6 nitrogen and oxygen atoms in total. The fraction of sp³-hybridized carbons (Fsp3) is 0.129. The quantitative estimate of drug-likeness (QED) is 0.0759. The maximum absolute atomic E-state index is 11.5. The molecule has 11 rings (SSSR count). The highest BCUT2D eigenvalue weighted by atomic mass is 16.3. The van der Waals surface area contributed by atoms with E-state index in [-0.39, 0.29) is 17.0 Å². The van der Waals surface area contributed by atoms with Crippen LogP contribution in [0.3, 0.4) is 0 Å². The highest BCUT2D eigenvalue weighted by Gasteiger charge is 2.29. The molecule has 10 aromatic rings. The minimum absolute atomic E-state index is 0.0249. The van der Waals surface area contributed by atoms with E-state index in [0.29, 0.717) is 11.4 Å². The molecule has 9 aromatic carbocycles. The number of hydrogen-bond acceptors (Lipinski definition) is 5. The molecule has 0 saturated heterocycles. The number of allylic oxidation sites excluding steroid dienone is 2. The standard InChI is InChI=1S/C56H42N2O4.C4H8.C2H6/c1-32-17-18-36(28-46(32)43-26-22-39-29-51-49(31-47(39)33(43)2)45-15-9-10-16-50(45)58(51)40-12-5-4-6-13-40)35-19-23-41(24-20-35)57(52-53(59)34(3)54(60)56(62)55(52)61)42-25-21-38-27-37-11-7-8-14-44(37)48(38)30-42;1-3-4-2;1-2/h4-26,28-31,59-62H,27H2,1-3H3;3-4H,1-2H3;1-2H3/b;4-3-;. The maximum atomic E-state index is 11.5. The Morgan fingerprint density at radius 3 is 1.87 bits per heavy atom. The summed E-state index contributed by atoms with van der Waals surface area (Å²) in [6.07, 6.45) is 4.82. The van der Waals surface area contributed by atoms with Crippen molar-refractivity contribution < 1.29 is 20.4 Å². The van der Waals surface area contributed by atoms with E-state index in [1.54, 1.807) is 4.90 Å². The SMILES string of the molecule is C/C=C\C.CC.Cc1ccc(-c2ccc(N(c3ccc4c(c3)-c3ccccc3C4)c3c(O)c(C)c(O)c(O)c3O)cc2)cc1-c1ccc2cc3c(cc2c1C)c1ccccc1n3-c1ccccc1. The van der Waals surface area contributed by atoms with Crippen molar-refractivity contribution >= 4 is 49.6 Å². The fourth-order valence-corrected chi connectivity index (χ4v) is 9.65. The van der Waals surface area contributed by atoms with Crippen LogP contribution in [0.1, 0.15) is 55.5 Å². The Bertz CT molecular complexity index is 3510. The third kappa shape index (κ3) is 7.68. The van der Waals surface area contributed by atoms with Crippen molar-refractivity contribution in [3.05, 3.63) is 204 Å². The van der Waals surface area contributed by atoms with Gasteiger partial charge in [-0.15, -0.1) is 0 Å². The van der Waals surface area contributed by atoms with Gasteiger partial charge in [-0.3, -0.25) is 0 Å². The number of hydrogen-bond donors (Lipinski definition) is 4. The summed E-state index contributed by atoms with van der Waals surface area (Å²) < 4.78 is 2.36.